The molecule has 0 aromatic heterocycles. The van der Waals surface area contributed by atoms with E-state index in [4.69, 9.17) is 18.9 Å². The lowest BCUT2D eigenvalue weighted by Crippen LogP contribution is -2.36. The Morgan fingerprint density at radius 1 is 1.14 bits per heavy atom. The van der Waals surface area contributed by atoms with Crippen LogP contribution in [0.5, 0.6) is 11.5 Å². The third kappa shape index (κ3) is 8.77. The van der Waals surface area contributed by atoms with Gasteiger partial charge in [-0.15, -0.1) is 11.8 Å². The van der Waals surface area contributed by atoms with Gasteiger partial charge >= 0.3 is 5.97 Å². The van der Waals surface area contributed by atoms with Crippen LogP contribution < -0.4 is 9.47 Å². The summed E-state index contributed by atoms with van der Waals surface area (Å²) >= 11 is 1.76. The lowest BCUT2D eigenvalue weighted by molar-refractivity contribution is -0.145. The Balaban J connectivity index is 1.38. The smallest absolute Gasteiger partial charge is 0.344 e. The van der Waals surface area contributed by atoms with Crippen LogP contribution in [-0.2, 0) is 20.0 Å². The molecule has 0 spiro atoms. The Kier molecular flexibility index (Phi) is 9.97. The highest BCUT2D eigenvalue weighted by molar-refractivity contribution is 7.98. The number of thioether (sulfide) groups is 1. The van der Waals surface area contributed by atoms with Crippen LogP contribution in [0, 0.1) is 24.7 Å². The van der Waals surface area contributed by atoms with Gasteiger partial charge in [-0.2, -0.15) is 0 Å². The minimum Gasteiger partial charge on any atom is -0.493 e. The zero-order valence-corrected chi connectivity index (χ0v) is 22.0. The normalized spacial score (nSPS) is 15.6. The van der Waals surface area contributed by atoms with Crippen molar-refractivity contribution in [2.24, 2.45) is 5.92 Å². The van der Waals surface area contributed by atoms with E-state index >= 15 is 0 Å². The second-order valence-electron chi connectivity index (χ2n) is 9.12. The van der Waals surface area contributed by atoms with Crippen LogP contribution in [-0.4, -0.2) is 63.5 Å². The van der Waals surface area contributed by atoms with E-state index in [2.05, 4.69) is 41.0 Å². The van der Waals surface area contributed by atoms with Crippen molar-refractivity contribution < 1.29 is 23.7 Å². The minimum atomic E-state index is -0.358. The number of hydrogen-bond donors (Lipinski definition) is 0. The highest BCUT2D eigenvalue weighted by Crippen LogP contribution is 2.32. The molecule has 1 aliphatic heterocycles. The zero-order chi connectivity index (χ0) is 25.2. The summed E-state index contributed by atoms with van der Waals surface area (Å²) in [6.07, 6.45) is 2.53. The van der Waals surface area contributed by atoms with E-state index in [-0.39, 0.29) is 12.6 Å². The molecule has 192 valence electrons. The molecule has 2 aromatic rings. The maximum Gasteiger partial charge on any atom is 0.344 e. The minimum absolute atomic E-state index is 0.0792. The van der Waals surface area contributed by atoms with Crippen LogP contribution in [0.25, 0.3) is 0 Å². The number of carbonyl (C=O) groups is 1. The van der Waals surface area contributed by atoms with Gasteiger partial charge < -0.3 is 18.9 Å². The Morgan fingerprint density at radius 3 is 2.72 bits per heavy atom. The molecular weight excluding hydrogens is 474 g/mol. The number of aryl methyl sites for hydroxylation is 1. The summed E-state index contributed by atoms with van der Waals surface area (Å²) in [5.41, 5.74) is 3.16. The molecule has 36 heavy (non-hydrogen) atoms. The first kappa shape index (κ1) is 26.4. The summed E-state index contributed by atoms with van der Waals surface area (Å²) in [5.74, 6) is 9.42. The van der Waals surface area contributed by atoms with Crippen LogP contribution in [0.3, 0.4) is 0 Å². The topological polar surface area (TPSA) is 57.2 Å². The molecule has 0 radical (unpaired) electrons. The number of morpholine rings is 1. The highest BCUT2D eigenvalue weighted by atomic mass is 32.2. The zero-order valence-electron chi connectivity index (χ0n) is 21.2. The summed E-state index contributed by atoms with van der Waals surface area (Å²) in [6.45, 7) is 9.02. The van der Waals surface area contributed by atoms with E-state index in [1.807, 2.05) is 19.1 Å². The lowest BCUT2D eigenvalue weighted by Gasteiger charge is -2.24. The van der Waals surface area contributed by atoms with Crippen molar-refractivity contribution in [2.45, 2.75) is 37.3 Å². The van der Waals surface area contributed by atoms with Crippen molar-refractivity contribution in [1.29, 1.82) is 0 Å². The molecule has 1 heterocycles. The lowest BCUT2D eigenvalue weighted by atomic mass is 10.1. The highest BCUT2D eigenvalue weighted by Gasteiger charge is 2.22. The van der Waals surface area contributed by atoms with Crippen molar-refractivity contribution >= 4 is 17.7 Å². The maximum absolute atomic E-state index is 11.6. The predicted octanol–water partition coefficient (Wildman–Crippen LogP) is 4.70. The van der Waals surface area contributed by atoms with Crippen molar-refractivity contribution in [3.63, 3.8) is 0 Å². The van der Waals surface area contributed by atoms with Crippen LogP contribution in [0.1, 0.15) is 36.5 Å². The molecule has 2 aliphatic rings. The molecule has 0 N–H and O–H groups in total. The van der Waals surface area contributed by atoms with Gasteiger partial charge in [0.1, 0.15) is 11.5 Å². The molecule has 2 fully saturated rings. The first-order chi connectivity index (χ1) is 17.6. The number of hydrogen-bond acceptors (Lipinski definition) is 7. The van der Waals surface area contributed by atoms with Crippen LogP contribution in [0.2, 0.25) is 0 Å². The molecule has 1 aliphatic carbocycles. The van der Waals surface area contributed by atoms with Crippen molar-refractivity contribution in [2.75, 3.05) is 52.7 Å². The molecule has 1 saturated heterocycles. The molecule has 0 atom stereocenters. The van der Waals surface area contributed by atoms with Gasteiger partial charge in [0.05, 0.1) is 33.0 Å². The third-order valence-corrected chi connectivity index (χ3v) is 7.06. The summed E-state index contributed by atoms with van der Waals surface area (Å²) in [7, 11) is 0. The summed E-state index contributed by atoms with van der Waals surface area (Å²) in [5, 5.41) is 0. The van der Waals surface area contributed by atoms with E-state index in [0.29, 0.717) is 18.3 Å². The monoisotopic (exact) mass is 509 g/mol. The van der Waals surface area contributed by atoms with Gasteiger partial charge in [0.25, 0.3) is 0 Å². The van der Waals surface area contributed by atoms with Gasteiger partial charge in [-0.05, 0) is 80.1 Å². The van der Waals surface area contributed by atoms with Gasteiger partial charge in [0.2, 0.25) is 0 Å². The summed E-state index contributed by atoms with van der Waals surface area (Å²) in [4.78, 5) is 15.0. The van der Waals surface area contributed by atoms with Crippen LogP contribution in [0.15, 0.2) is 41.3 Å². The second-order valence-corrected chi connectivity index (χ2v) is 10.2. The molecule has 0 unspecified atom stereocenters. The number of rotatable bonds is 11. The second kappa shape index (κ2) is 13.6. The third-order valence-electron chi connectivity index (χ3n) is 5.99. The molecule has 7 heteroatoms. The van der Waals surface area contributed by atoms with Gasteiger partial charge in [-0.3, -0.25) is 4.90 Å². The Morgan fingerprint density at radius 2 is 1.97 bits per heavy atom. The van der Waals surface area contributed by atoms with Crippen molar-refractivity contribution in [1.82, 2.24) is 4.90 Å². The van der Waals surface area contributed by atoms with Crippen LogP contribution in [0.4, 0.5) is 0 Å². The fraction of sp³-hybridized carbons (Fsp3) is 0.483. The molecular formula is C29H35NO5S. The van der Waals surface area contributed by atoms with E-state index < -0.39 is 0 Å². The van der Waals surface area contributed by atoms with Gasteiger partial charge in [-0.1, -0.05) is 11.8 Å². The number of esters is 1. The fourth-order valence-corrected chi connectivity index (χ4v) is 4.71. The van der Waals surface area contributed by atoms with Crippen molar-refractivity contribution in [3.05, 3.63) is 53.1 Å². The van der Waals surface area contributed by atoms with E-state index in [1.165, 1.54) is 18.4 Å². The SMILES string of the molecule is CCOC(=O)COc1ccc(SCc2cc(C#CCN3CCOCC3)cc(OCC3CC3)c2)cc1C. The molecule has 0 bridgehead atoms. The Hall–Kier alpha value is -2.66. The van der Waals surface area contributed by atoms with Gasteiger partial charge in [0.15, 0.2) is 6.61 Å². The summed E-state index contributed by atoms with van der Waals surface area (Å²) in [6, 6.07) is 12.4. The average molecular weight is 510 g/mol. The quantitative estimate of drug-likeness (QED) is 0.247. The summed E-state index contributed by atoms with van der Waals surface area (Å²) < 4.78 is 22.1. The molecule has 1 saturated carbocycles. The van der Waals surface area contributed by atoms with E-state index in [1.54, 1.807) is 18.7 Å². The molecule has 2 aromatic carbocycles. The van der Waals surface area contributed by atoms with Gasteiger partial charge in [-0.25, -0.2) is 4.79 Å². The Bertz CT molecular complexity index is 1080. The Labute approximate surface area is 218 Å². The molecule has 0 amide bonds. The van der Waals surface area contributed by atoms with E-state index in [0.717, 1.165) is 67.0 Å². The van der Waals surface area contributed by atoms with Crippen molar-refractivity contribution in [3.8, 4) is 23.3 Å². The first-order valence-electron chi connectivity index (χ1n) is 12.7. The van der Waals surface area contributed by atoms with Crippen LogP contribution >= 0.6 is 11.8 Å². The standard InChI is InChI=1S/C29H35NO5S/c1-3-33-29(31)20-35-28-9-8-27(15-22(28)2)36-21-25-16-24(5-4-10-30-11-13-32-14-12-30)17-26(18-25)34-19-23-6-7-23/h8-9,15-18,23H,3,6-7,10-14,19-21H2,1-2H3. The van der Waals surface area contributed by atoms with Gasteiger partial charge in [0, 0.05) is 29.3 Å². The number of nitrogens with zero attached hydrogens (tertiary/aromatic N) is 1. The predicted molar refractivity (Wildman–Crippen MR) is 142 cm³/mol. The first-order valence-corrected chi connectivity index (χ1v) is 13.6. The average Bonchev–Trinajstić information content (AvgIpc) is 3.71. The largest absolute Gasteiger partial charge is 0.493 e. The maximum atomic E-state index is 11.6. The fourth-order valence-electron chi connectivity index (χ4n) is 3.79. The number of benzene rings is 2. The molecule has 4 rings (SSSR count). The number of ether oxygens (including phenoxy) is 4. The molecule has 6 nitrogen and oxygen atoms in total. The number of carbonyl (C=O) groups excluding carboxylic acids is 1. The van der Waals surface area contributed by atoms with E-state index in [9.17, 15) is 4.79 Å².